The first-order valence-electron chi connectivity index (χ1n) is 6.29. The Kier molecular flexibility index (Phi) is 4.13. The van der Waals surface area contributed by atoms with Crippen molar-refractivity contribution in [2.45, 2.75) is 22.8 Å². The van der Waals surface area contributed by atoms with Gasteiger partial charge in [0.25, 0.3) is 0 Å². The molecule has 0 radical (unpaired) electrons. The molecule has 0 aliphatic carbocycles. The lowest BCUT2D eigenvalue weighted by Gasteiger charge is -2.17. The van der Waals surface area contributed by atoms with Gasteiger partial charge in [-0.1, -0.05) is 6.92 Å². The molecule has 0 amide bonds. The molecule has 9 heteroatoms. The maximum Gasteiger partial charge on any atom is 0.246 e. The Morgan fingerprint density at radius 2 is 1.86 bits per heavy atom. The van der Waals surface area contributed by atoms with Crippen LogP contribution in [0.15, 0.2) is 28.0 Å². The summed E-state index contributed by atoms with van der Waals surface area (Å²) < 4.78 is 62.9. The van der Waals surface area contributed by atoms with E-state index in [4.69, 9.17) is 5.73 Å². The van der Waals surface area contributed by atoms with Gasteiger partial charge in [0.15, 0.2) is 9.84 Å². The molecule has 1 aliphatic rings. The Morgan fingerprint density at radius 1 is 1.24 bits per heavy atom. The molecule has 21 heavy (non-hydrogen) atoms. The van der Waals surface area contributed by atoms with E-state index in [0.717, 1.165) is 28.8 Å². The van der Waals surface area contributed by atoms with Crippen LogP contribution in [0.5, 0.6) is 0 Å². The van der Waals surface area contributed by atoms with Crippen LogP contribution in [0.3, 0.4) is 0 Å². The topological polar surface area (TPSA) is 97.5 Å². The lowest BCUT2D eigenvalue weighted by molar-refractivity contribution is 0.457. The van der Waals surface area contributed by atoms with Crippen molar-refractivity contribution in [3.8, 4) is 0 Å². The van der Waals surface area contributed by atoms with Gasteiger partial charge in [-0.15, -0.1) is 0 Å². The molecule has 0 aromatic heterocycles. The van der Waals surface area contributed by atoms with Gasteiger partial charge in [-0.2, -0.15) is 4.31 Å². The summed E-state index contributed by atoms with van der Waals surface area (Å²) in [4.78, 5) is -0.870. The molecule has 2 atom stereocenters. The van der Waals surface area contributed by atoms with Crippen molar-refractivity contribution in [3.63, 3.8) is 0 Å². The van der Waals surface area contributed by atoms with Crippen molar-refractivity contribution in [2.75, 3.05) is 19.3 Å². The van der Waals surface area contributed by atoms with Crippen LogP contribution in [-0.2, 0) is 19.9 Å². The van der Waals surface area contributed by atoms with Gasteiger partial charge in [0, 0.05) is 25.4 Å². The molecule has 0 saturated carbocycles. The van der Waals surface area contributed by atoms with Gasteiger partial charge in [-0.25, -0.2) is 21.2 Å². The maximum absolute atomic E-state index is 13.9. The molecule has 1 aromatic carbocycles. The molecule has 1 aliphatic heterocycles. The van der Waals surface area contributed by atoms with Crippen molar-refractivity contribution in [2.24, 2.45) is 11.7 Å². The zero-order chi connectivity index (χ0) is 16.0. The average molecular weight is 336 g/mol. The van der Waals surface area contributed by atoms with E-state index in [2.05, 4.69) is 0 Å². The van der Waals surface area contributed by atoms with E-state index < -0.39 is 30.6 Å². The molecule has 1 saturated heterocycles. The van der Waals surface area contributed by atoms with Crippen LogP contribution in [0, 0.1) is 11.7 Å². The fraction of sp³-hybridized carbons (Fsp3) is 0.500. The third-order valence-corrected chi connectivity index (χ3v) is 6.54. The van der Waals surface area contributed by atoms with Crippen LogP contribution in [0.4, 0.5) is 4.39 Å². The van der Waals surface area contributed by atoms with E-state index in [-0.39, 0.29) is 29.9 Å². The number of hydrogen-bond acceptors (Lipinski definition) is 5. The minimum Gasteiger partial charge on any atom is -0.326 e. The van der Waals surface area contributed by atoms with E-state index in [1.54, 1.807) is 0 Å². The molecular weight excluding hydrogens is 319 g/mol. The highest BCUT2D eigenvalue weighted by molar-refractivity contribution is 7.91. The van der Waals surface area contributed by atoms with E-state index in [1.807, 2.05) is 6.92 Å². The normalized spacial score (nSPS) is 24.4. The molecule has 0 bridgehead atoms. The fourth-order valence-corrected chi connectivity index (χ4v) is 4.58. The smallest absolute Gasteiger partial charge is 0.246 e. The third-order valence-electron chi connectivity index (χ3n) is 3.59. The van der Waals surface area contributed by atoms with Crippen LogP contribution < -0.4 is 5.73 Å². The van der Waals surface area contributed by atoms with Gasteiger partial charge in [-0.05, 0) is 24.1 Å². The molecule has 2 unspecified atom stereocenters. The fourth-order valence-electron chi connectivity index (χ4n) is 2.19. The maximum atomic E-state index is 13.9. The Labute approximate surface area is 123 Å². The molecule has 0 spiro atoms. The predicted molar refractivity (Wildman–Crippen MR) is 75.4 cm³/mol. The van der Waals surface area contributed by atoms with Crippen LogP contribution in [0.25, 0.3) is 0 Å². The lowest BCUT2D eigenvalue weighted by atomic mass is 10.1. The quantitative estimate of drug-likeness (QED) is 0.795. The minimum atomic E-state index is -4.10. The first-order chi connectivity index (χ1) is 9.53. The van der Waals surface area contributed by atoms with Gasteiger partial charge in [-0.3, -0.25) is 0 Å². The minimum absolute atomic E-state index is 0.0408. The molecule has 1 fully saturated rings. The van der Waals surface area contributed by atoms with Gasteiger partial charge in [0.05, 0.1) is 4.90 Å². The Hall–Kier alpha value is -1.03. The van der Waals surface area contributed by atoms with Crippen LogP contribution in [0.1, 0.15) is 6.92 Å². The van der Waals surface area contributed by atoms with E-state index in [0.29, 0.717) is 0 Å². The average Bonchev–Trinajstić information content (AvgIpc) is 2.69. The molecular formula is C12H17FN2O4S2. The SMILES string of the molecule is CC1CN(S(=O)(=O)c2cc(S(C)(=O)=O)ccc2F)CC1N. The Morgan fingerprint density at radius 3 is 2.33 bits per heavy atom. The highest BCUT2D eigenvalue weighted by Crippen LogP contribution is 2.27. The first kappa shape index (κ1) is 16.3. The summed E-state index contributed by atoms with van der Waals surface area (Å²) in [6, 6.07) is 2.43. The van der Waals surface area contributed by atoms with Crippen molar-refractivity contribution >= 4 is 19.9 Å². The zero-order valence-electron chi connectivity index (χ0n) is 11.7. The third kappa shape index (κ3) is 3.10. The highest BCUT2D eigenvalue weighted by atomic mass is 32.2. The second-order valence-corrected chi connectivity index (χ2v) is 9.25. The standard InChI is InChI=1S/C12H17FN2O4S2/c1-8-6-15(7-11(8)14)21(18,19)12-5-9(20(2,16)17)3-4-10(12)13/h3-5,8,11H,6-7,14H2,1-2H3. The lowest BCUT2D eigenvalue weighted by Crippen LogP contribution is -2.32. The molecule has 6 nitrogen and oxygen atoms in total. The molecule has 2 N–H and O–H groups in total. The number of sulfonamides is 1. The second kappa shape index (κ2) is 5.31. The number of benzene rings is 1. The summed E-state index contributed by atoms with van der Waals surface area (Å²) in [5.41, 5.74) is 5.78. The summed E-state index contributed by atoms with van der Waals surface area (Å²) in [5, 5.41) is 0. The number of nitrogens with two attached hydrogens (primary N) is 1. The van der Waals surface area contributed by atoms with Gasteiger partial charge in [0.2, 0.25) is 10.0 Å². The predicted octanol–water partition coefficient (Wildman–Crippen LogP) is 0.197. The van der Waals surface area contributed by atoms with E-state index in [1.165, 1.54) is 0 Å². The number of nitrogens with zero attached hydrogens (tertiary/aromatic N) is 1. The monoisotopic (exact) mass is 336 g/mol. The first-order valence-corrected chi connectivity index (χ1v) is 9.62. The number of halogens is 1. The van der Waals surface area contributed by atoms with Crippen molar-refractivity contribution in [1.29, 1.82) is 0 Å². The van der Waals surface area contributed by atoms with Crippen LogP contribution in [0.2, 0.25) is 0 Å². The molecule has 118 valence electrons. The number of rotatable bonds is 3. The second-order valence-electron chi connectivity index (χ2n) is 5.33. The number of sulfone groups is 1. The summed E-state index contributed by atoms with van der Waals surface area (Å²) in [7, 11) is -7.73. The molecule has 1 aromatic rings. The summed E-state index contributed by atoms with van der Waals surface area (Å²) >= 11 is 0. The summed E-state index contributed by atoms with van der Waals surface area (Å²) in [6.45, 7) is 2.08. The van der Waals surface area contributed by atoms with Gasteiger partial charge in [0.1, 0.15) is 10.7 Å². The van der Waals surface area contributed by atoms with Crippen molar-refractivity contribution in [1.82, 2.24) is 4.31 Å². The summed E-state index contributed by atoms with van der Waals surface area (Å²) in [6.07, 6.45) is 0.935. The highest BCUT2D eigenvalue weighted by Gasteiger charge is 2.37. The largest absolute Gasteiger partial charge is 0.326 e. The van der Waals surface area contributed by atoms with E-state index >= 15 is 0 Å². The molecule has 1 heterocycles. The Balaban J connectivity index is 2.50. The van der Waals surface area contributed by atoms with Crippen molar-refractivity contribution in [3.05, 3.63) is 24.0 Å². The van der Waals surface area contributed by atoms with Gasteiger partial charge >= 0.3 is 0 Å². The van der Waals surface area contributed by atoms with Crippen molar-refractivity contribution < 1.29 is 21.2 Å². The van der Waals surface area contributed by atoms with E-state index in [9.17, 15) is 21.2 Å². The number of hydrogen-bond donors (Lipinski definition) is 1. The zero-order valence-corrected chi connectivity index (χ0v) is 13.3. The Bertz CT molecular complexity index is 751. The van der Waals surface area contributed by atoms with Gasteiger partial charge < -0.3 is 5.73 Å². The molecule has 2 rings (SSSR count). The summed E-state index contributed by atoms with van der Waals surface area (Å²) in [5.74, 6) is -1.02. The van der Waals surface area contributed by atoms with Crippen LogP contribution in [-0.4, -0.2) is 46.5 Å². The van der Waals surface area contributed by atoms with Crippen LogP contribution >= 0.6 is 0 Å².